The molecule has 0 bridgehead atoms. The van der Waals surface area contributed by atoms with Crippen LogP contribution in [0.4, 0.5) is 0 Å². The molecule has 108 valence electrons. The molecule has 1 aliphatic carbocycles. The van der Waals surface area contributed by atoms with Crippen LogP contribution in [0.5, 0.6) is 11.5 Å². The third-order valence-electron chi connectivity index (χ3n) is 3.80. The van der Waals surface area contributed by atoms with E-state index in [0.29, 0.717) is 19.2 Å². The van der Waals surface area contributed by atoms with E-state index in [4.69, 9.17) is 14.7 Å². The predicted molar refractivity (Wildman–Crippen MR) is 77.7 cm³/mol. The van der Waals surface area contributed by atoms with Gasteiger partial charge in [0.25, 0.3) is 0 Å². The van der Waals surface area contributed by atoms with E-state index in [-0.39, 0.29) is 5.92 Å². The lowest BCUT2D eigenvalue weighted by Crippen LogP contribution is -2.31. The van der Waals surface area contributed by atoms with Crippen molar-refractivity contribution >= 4 is 0 Å². The summed E-state index contributed by atoms with van der Waals surface area (Å²) in [6.07, 6.45) is 3.21. The first-order valence-corrected chi connectivity index (χ1v) is 7.21. The van der Waals surface area contributed by atoms with Crippen molar-refractivity contribution in [1.82, 2.24) is 5.32 Å². The molecule has 1 N–H and O–H groups in total. The first-order valence-electron chi connectivity index (χ1n) is 7.21. The zero-order valence-electron chi connectivity index (χ0n) is 12.2. The average molecular weight is 274 g/mol. The van der Waals surface area contributed by atoms with Gasteiger partial charge in [0.05, 0.1) is 25.7 Å². The van der Waals surface area contributed by atoms with E-state index in [1.165, 1.54) is 0 Å². The Kier molecular flexibility index (Phi) is 5.25. The van der Waals surface area contributed by atoms with Crippen molar-refractivity contribution in [3.05, 3.63) is 23.8 Å². The Morgan fingerprint density at radius 3 is 2.95 bits per heavy atom. The van der Waals surface area contributed by atoms with Gasteiger partial charge in [0, 0.05) is 18.2 Å². The van der Waals surface area contributed by atoms with Gasteiger partial charge in [0.2, 0.25) is 0 Å². The van der Waals surface area contributed by atoms with E-state index in [9.17, 15) is 0 Å². The molecule has 1 aliphatic rings. The molecule has 0 spiro atoms. The van der Waals surface area contributed by atoms with E-state index in [0.717, 1.165) is 36.3 Å². The summed E-state index contributed by atoms with van der Waals surface area (Å²) in [7, 11) is 1.66. The van der Waals surface area contributed by atoms with Crippen LogP contribution in [0.1, 0.15) is 31.7 Å². The molecule has 0 aromatic heterocycles. The minimum absolute atomic E-state index is 0.135. The smallest absolute Gasteiger partial charge is 0.165 e. The van der Waals surface area contributed by atoms with Gasteiger partial charge in [0.1, 0.15) is 0 Å². The van der Waals surface area contributed by atoms with E-state index in [1.807, 2.05) is 25.1 Å². The molecule has 1 fully saturated rings. The fourth-order valence-corrected chi connectivity index (χ4v) is 2.80. The van der Waals surface area contributed by atoms with Gasteiger partial charge in [-0.15, -0.1) is 0 Å². The molecule has 2 rings (SSSR count). The minimum atomic E-state index is 0.135. The van der Waals surface area contributed by atoms with E-state index >= 15 is 0 Å². The van der Waals surface area contributed by atoms with Crippen molar-refractivity contribution in [3.8, 4) is 17.6 Å². The fraction of sp³-hybridized carbons (Fsp3) is 0.562. The SMILES string of the molecule is CCOc1cccc(CNC2CCCC2C#N)c1OC. The number of nitriles is 1. The third-order valence-corrected chi connectivity index (χ3v) is 3.80. The van der Waals surface area contributed by atoms with Gasteiger partial charge in [-0.05, 0) is 25.8 Å². The summed E-state index contributed by atoms with van der Waals surface area (Å²) in [5, 5.41) is 12.6. The monoisotopic (exact) mass is 274 g/mol. The standard InChI is InChI=1S/C16H22N2O2/c1-3-20-15-9-5-7-13(16(15)19-2)11-18-14-8-4-6-12(14)10-17/h5,7,9,12,14,18H,3-4,6,8,11H2,1-2H3. The van der Waals surface area contributed by atoms with Crippen LogP contribution in [0.3, 0.4) is 0 Å². The number of hydrogen-bond acceptors (Lipinski definition) is 4. The Labute approximate surface area is 120 Å². The van der Waals surface area contributed by atoms with Crippen LogP contribution < -0.4 is 14.8 Å². The number of benzene rings is 1. The summed E-state index contributed by atoms with van der Waals surface area (Å²) in [5.41, 5.74) is 1.07. The molecule has 0 radical (unpaired) electrons. The van der Waals surface area contributed by atoms with Crippen LogP contribution >= 0.6 is 0 Å². The van der Waals surface area contributed by atoms with Gasteiger partial charge >= 0.3 is 0 Å². The molecule has 2 atom stereocenters. The van der Waals surface area contributed by atoms with Crippen molar-refractivity contribution in [3.63, 3.8) is 0 Å². The van der Waals surface area contributed by atoms with Crippen molar-refractivity contribution in [2.45, 2.75) is 38.8 Å². The number of nitrogens with one attached hydrogen (secondary N) is 1. The molecular formula is C16H22N2O2. The van der Waals surface area contributed by atoms with Gasteiger partial charge in [-0.25, -0.2) is 0 Å². The van der Waals surface area contributed by atoms with Crippen LogP contribution in [0.25, 0.3) is 0 Å². The Balaban J connectivity index is 2.05. The zero-order valence-corrected chi connectivity index (χ0v) is 12.2. The predicted octanol–water partition coefficient (Wildman–Crippen LogP) is 2.88. The molecule has 20 heavy (non-hydrogen) atoms. The Bertz CT molecular complexity index is 482. The molecule has 1 aromatic rings. The Morgan fingerprint density at radius 2 is 2.25 bits per heavy atom. The summed E-state index contributed by atoms with van der Waals surface area (Å²) in [6.45, 7) is 3.28. The highest BCUT2D eigenvalue weighted by Crippen LogP contribution is 2.32. The Hall–Kier alpha value is -1.73. The molecule has 2 unspecified atom stereocenters. The quantitative estimate of drug-likeness (QED) is 0.866. The largest absolute Gasteiger partial charge is 0.493 e. The molecular weight excluding hydrogens is 252 g/mol. The van der Waals surface area contributed by atoms with Crippen LogP contribution in [0.2, 0.25) is 0 Å². The van der Waals surface area contributed by atoms with Crippen LogP contribution in [-0.2, 0) is 6.54 Å². The van der Waals surface area contributed by atoms with Gasteiger partial charge in [0.15, 0.2) is 11.5 Å². The number of hydrogen-bond donors (Lipinski definition) is 1. The van der Waals surface area contributed by atoms with E-state index in [1.54, 1.807) is 7.11 Å². The highest BCUT2D eigenvalue weighted by atomic mass is 16.5. The molecule has 1 saturated carbocycles. The molecule has 4 nitrogen and oxygen atoms in total. The van der Waals surface area contributed by atoms with Crippen molar-refractivity contribution in [1.29, 1.82) is 5.26 Å². The fourth-order valence-electron chi connectivity index (χ4n) is 2.80. The minimum Gasteiger partial charge on any atom is -0.493 e. The summed E-state index contributed by atoms with van der Waals surface area (Å²) in [4.78, 5) is 0. The van der Waals surface area contributed by atoms with Crippen molar-refractivity contribution < 1.29 is 9.47 Å². The number of methoxy groups -OCH3 is 1. The Morgan fingerprint density at radius 1 is 1.40 bits per heavy atom. The highest BCUT2D eigenvalue weighted by Gasteiger charge is 2.26. The maximum absolute atomic E-state index is 9.11. The van der Waals surface area contributed by atoms with Gasteiger partial charge in [-0.3, -0.25) is 0 Å². The van der Waals surface area contributed by atoms with Crippen LogP contribution in [0.15, 0.2) is 18.2 Å². The molecule has 1 aromatic carbocycles. The molecule has 0 saturated heterocycles. The third kappa shape index (κ3) is 3.23. The lowest BCUT2D eigenvalue weighted by atomic mass is 10.1. The summed E-state index contributed by atoms with van der Waals surface area (Å²) in [5.74, 6) is 1.70. The van der Waals surface area contributed by atoms with E-state index in [2.05, 4.69) is 11.4 Å². The highest BCUT2D eigenvalue weighted by molar-refractivity contribution is 5.46. The second kappa shape index (κ2) is 7.16. The number of nitrogens with zero attached hydrogens (tertiary/aromatic N) is 1. The van der Waals surface area contributed by atoms with Gasteiger partial charge < -0.3 is 14.8 Å². The van der Waals surface area contributed by atoms with Crippen LogP contribution in [-0.4, -0.2) is 19.8 Å². The first-order chi connectivity index (χ1) is 9.80. The normalized spacial score (nSPS) is 21.4. The number of ether oxygens (including phenoxy) is 2. The molecule has 4 heteroatoms. The average Bonchev–Trinajstić information content (AvgIpc) is 2.93. The summed E-state index contributed by atoms with van der Waals surface area (Å²) in [6, 6.07) is 8.61. The zero-order chi connectivity index (χ0) is 14.4. The lowest BCUT2D eigenvalue weighted by molar-refractivity contribution is 0.308. The second-order valence-corrected chi connectivity index (χ2v) is 5.04. The maximum Gasteiger partial charge on any atom is 0.165 e. The number of rotatable bonds is 6. The second-order valence-electron chi connectivity index (χ2n) is 5.04. The maximum atomic E-state index is 9.11. The van der Waals surface area contributed by atoms with E-state index < -0.39 is 0 Å². The summed E-state index contributed by atoms with van der Waals surface area (Å²) >= 11 is 0. The van der Waals surface area contributed by atoms with Gasteiger partial charge in [-0.2, -0.15) is 5.26 Å². The number of para-hydroxylation sites is 1. The molecule has 0 heterocycles. The topological polar surface area (TPSA) is 54.3 Å². The van der Waals surface area contributed by atoms with Crippen molar-refractivity contribution in [2.24, 2.45) is 5.92 Å². The lowest BCUT2D eigenvalue weighted by Gasteiger charge is -2.18. The van der Waals surface area contributed by atoms with Gasteiger partial charge in [-0.1, -0.05) is 18.6 Å². The van der Waals surface area contributed by atoms with Crippen LogP contribution in [0, 0.1) is 17.2 Å². The molecule has 0 amide bonds. The first kappa shape index (κ1) is 14.7. The molecule has 0 aliphatic heterocycles. The summed E-state index contributed by atoms with van der Waals surface area (Å²) < 4.78 is 11.0. The van der Waals surface area contributed by atoms with Crippen molar-refractivity contribution in [2.75, 3.05) is 13.7 Å².